The molecule has 0 saturated heterocycles. The fourth-order valence-electron chi connectivity index (χ4n) is 2.62. The van der Waals surface area contributed by atoms with E-state index in [-0.39, 0.29) is 16.1 Å². The van der Waals surface area contributed by atoms with Gasteiger partial charge in [-0.05, 0) is 60.7 Å². The third kappa shape index (κ3) is 4.87. The first kappa shape index (κ1) is 21.1. The van der Waals surface area contributed by atoms with Crippen LogP contribution < -0.4 is 19.5 Å². The lowest BCUT2D eigenvalue weighted by molar-refractivity contribution is 0.102. The molecule has 0 fully saturated rings. The number of halogens is 1. The van der Waals surface area contributed by atoms with Gasteiger partial charge >= 0.3 is 0 Å². The van der Waals surface area contributed by atoms with Crippen molar-refractivity contribution in [1.29, 1.82) is 0 Å². The summed E-state index contributed by atoms with van der Waals surface area (Å²) >= 11 is 0. The first-order valence-corrected chi connectivity index (χ1v) is 10.2. The number of anilines is 2. The first-order chi connectivity index (χ1) is 14.3. The van der Waals surface area contributed by atoms with Crippen LogP contribution in [0, 0.1) is 5.82 Å². The molecule has 0 radical (unpaired) electrons. The molecule has 156 valence electrons. The fourth-order valence-corrected chi connectivity index (χ4v) is 3.68. The van der Waals surface area contributed by atoms with Gasteiger partial charge in [0.25, 0.3) is 15.9 Å². The summed E-state index contributed by atoms with van der Waals surface area (Å²) in [7, 11) is -1.01. The highest BCUT2D eigenvalue weighted by Gasteiger charge is 2.17. The van der Waals surface area contributed by atoms with E-state index < -0.39 is 21.7 Å². The number of ether oxygens (including phenoxy) is 2. The molecule has 30 heavy (non-hydrogen) atoms. The number of sulfonamides is 1. The monoisotopic (exact) mass is 430 g/mol. The Balaban J connectivity index is 1.76. The van der Waals surface area contributed by atoms with E-state index in [2.05, 4.69) is 10.0 Å². The van der Waals surface area contributed by atoms with Crippen LogP contribution in [0.15, 0.2) is 71.6 Å². The van der Waals surface area contributed by atoms with Crippen molar-refractivity contribution in [2.24, 2.45) is 0 Å². The Morgan fingerprint density at radius 1 is 0.900 bits per heavy atom. The van der Waals surface area contributed by atoms with Gasteiger partial charge in [0.2, 0.25) is 0 Å². The van der Waals surface area contributed by atoms with Gasteiger partial charge in [-0.25, -0.2) is 12.8 Å². The molecule has 3 aromatic rings. The average Bonchev–Trinajstić information content (AvgIpc) is 2.74. The van der Waals surface area contributed by atoms with E-state index in [9.17, 15) is 17.6 Å². The van der Waals surface area contributed by atoms with E-state index in [0.29, 0.717) is 17.2 Å². The van der Waals surface area contributed by atoms with Gasteiger partial charge in [-0.15, -0.1) is 0 Å². The predicted molar refractivity (Wildman–Crippen MR) is 111 cm³/mol. The van der Waals surface area contributed by atoms with Gasteiger partial charge in [0, 0.05) is 17.3 Å². The molecule has 0 atom stereocenters. The predicted octanol–water partition coefficient (Wildman–Crippen LogP) is 3.90. The van der Waals surface area contributed by atoms with Gasteiger partial charge in [0.1, 0.15) is 17.3 Å². The molecule has 0 unspecified atom stereocenters. The number of rotatable bonds is 7. The van der Waals surface area contributed by atoms with Crippen LogP contribution in [-0.4, -0.2) is 28.5 Å². The Morgan fingerprint density at radius 2 is 1.57 bits per heavy atom. The van der Waals surface area contributed by atoms with Crippen LogP contribution in [-0.2, 0) is 10.0 Å². The van der Waals surface area contributed by atoms with E-state index in [1.54, 1.807) is 12.1 Å². The molecule has 0 aliphatic rings. The van der Waals surface area contributed by atoms with Gasteiger partial charge < -0.3 is 14.8 Å². The minimum absolute atomic E-state index is 0.00726. The van der Waals surface area contributed by atoms with E-state index in [1.807, 2.05) is 0 Å². The van der Waals surface area contributed by atoms with Crippen molar-refractivity contribution in [2.45, 2.75) is 4.90 Å². The second kappa shape index (κ2) is 8.83. The van der Waals surface area contributed by atoms with Gasteiger partial charge in [0.15, 0.2) is 0 Å². The lowest BCUT2D eigenvalue weighted by Gasteiger charge is -2.13. The average molecular weight is 430 g/mol. The van der Waals surface area contributed by atoms with Crippen molar-refractivity contribution in [1.82, 2.24) is 0 Å². The highest BCUT2D eigenvalue weighted by Crippen LogP contribution is 2.31. The maximum absolute atomic E-state index is 13.0. The number of amides is 1. The van der Waals surface area contributed by atoms with Crippen LogP contribution in [0.3, 0.4) is 0 Å². The smallest absolute Gasteiger partial charge is 0.262 e. The molecular formula is C21H19FN2O5S. The third-order valence-electron chi connectivity index (χ3n) is 4.18. The minimum Gasteiger partial charge on any atom is -0.497 e. The molecule has 3 aromatic carbocycles. The summed E-state index contributed by atoms with van der Waals surface area (Å²) in [5.41, 5.74) is 0.896. The highest BCUT2D eigenvalue weighted by molar-refractivity contribution is 7.92. The van der Waals surface area contributed by atoms with Crippen molar-refractivity contribution >= 4 is 27.3 Å². The second-order valence-corrected chi connectivity index (χ2v) is 7.84. The van der Waals surface area contributed by atoms with E-state index >= 15 is 0 Å². The Kier molecular flexibility index (Phi) is 6.22. The summed E-state index contributed by atoms with van der Waals surface area (Å²) in [6, 6.07) is 15.5. The quantitative estimate of drug-likeness (QED) is 0.593. The number of hydrogen-bond donors (Lipinski definition) is 2. The Morgan fingerprint density at radius 3 is 2.17 bits per heavy atom. The molecule has 0 aliphatic heterocycles. The second-order valence-electron chi connectivity index (χ2n) is 6.16. The molecule has 3 rings (SSSR count). The SMILES string of the molecule is COc1ccc(OC)c(NS(=O)(=O)c2ccc(NC(=O)c3ccc(F)cc3)cc2)c1. The van der Waals surface area contributed by atoms with Crippen LogP contribution in [0.25, 0.3) is 0 Å². The van der Waals surface area contributed by atoms with Crippen LogP contribution in [0.4, 0.5) is 15.8 Å². The molecule has 0 bridgehead atoms. The molecule has 0 saturated carbocycles. The number of methoxy groups -OCH3 is 2. The van der Waals surface area contributed by atoms with Crippen LogP contribution >= 0.6 is 0 Å². The number of carbonyl (C=O) groups excluding carboxylic acids is 1. The zero-order chi connectivity index (χ0) is 21.7. The fraction of sp³-hybridized carbons (Fsp3) is 0.0952. The molecule has 7 nitrogen and oxygen atoms in total. The van der Waals surface area contributed by atoms with E-state index in [1.165, 1.54) is 68.8 Å². The van der Waals surface area contributed by atoms with E-state index in [0.717, 1.165) is 0 Å². The number of carbonyl (C=O) groups is 1. The van der Waals surface area contributed by atoms with Crippen molar-refractivity contribution < 1.29 is 27.1 Å². The van der Waals surface area contributed by atoms with Gasteiger partial charge in [-0.1, -0.05) is 0 Å². The molecule has 2 N–H and O–H groups in total. The Bertz CT molecular complexity index is 1150. The maximum Gasteiger partial charge on any atom is 0.262 e. The zero-order valence-corrected chi connectivity index (χ0v) is 17.0. The van der Waals surface area contributed by atoms with Crippen molar-refractivity contribution in [3.8, 4) is 11.5 Å². The van der Waals surface area contributed by atoms with E-state index in [4.69, 9.17) is 9.47 Å². The summed E-state index contributed by atoms with van der Waals surface area (Å²) in [6.07, 6.45) is 0. The summed E-state index contributed by atoms with van der Waals surface area (Å²) < 4.78 is 51.2. The Labute approximate surface area is 173 Å². The molecule has 0 aliphatic carbocycles. The minimum atomic E-state index is -3.91. The number of hydrogen-bond acceptors (Lipinski definition) is 5. The molecule has 9 heteroatoms. The number of nitrogens with one attached hydrogen (secondary N) is 2. The lowest BCUT2D eigenvalue weighted by atomic mass is 10.2. The van der Waals surface area contributed by atoms with Crippen molar-refractivity contribution in [3.05, 3.63) is 78.1 Å². The molecule has 0 spiro atoms. The molecule has 0 aromatic heterocycles. The molecule has 0 heterocycles. The largest absolute Gasteiger partial charge is 0.497 e. The Hall–Kier alpha value is -3.59. The van der Waals surface area contributed by atoms with Crippen molar-refractivity contribution in [2.75, 3.05) is 24.3 Å². The van der Waals surface area contributed by atoms with Gasteiger partial charge in [-0.3, -0.25) is 9.52 Å². The first-order valence-electron chi connectivity index (χ1n) is 8.74. The standard InChI is InChI=1S/C21H19FN2O5S/c1-28-17-9-12-20(29-2)19(13-17)24-30(26,27)18-10-7-16(8-11-18)23-21(25)14-3-5-15(22)6-4-14/h3-13,24H,1-2H3,(H,23,25). The number of benzene rings is 3. The zero-order valence-electron chi connectivity index (χ0n) is 16.2. The summed E-state index contributed by atoms with van der Waals surface area (Å²) in [4.78, 5) is 12.2. The van der Waals surface area contributed by atoms with Crippen LogP contribution in [0.5, 0.6) is 11.5 Å². The summed E-state index contributed by atoms with van der Waals surface area (Å²) in [6.45, 7) is 0. The van der Waals surface area contributed by atoms with Crippen LogP contribution in [0.1, 0.15) is 10.4 Å². The summed E-state index contributed by atoms with van der Waals surface area (Å²) in [5, 5.41) is 2.63. The normalized spacial score (nSPS) is 10.9. The van der Waals surface area contributed by atoms with Gasteiger partial charge in [-0.2, -0.15) is 0 Å². The molecular weight excluding hydrogens is 411 g/mol. The van der Waals surface area contributed by atoms with Crippen LogP contribution in [0.2, 0.25) is 0 Å². The maximum atomic E-state index is 13.0. The highest BCUT2D eigenvalue weighted by atomic mass is 32.2. The lowest BCUT2D eigenvalue weighted by Crippen LogP contribution is -2.14. The van der Waals surface area contributed by atoms with Crippen molar-refractivity contribution in [3.63, 3.8) is 0 Å². The topological polar surface area (TPSA) is 93.7 Å². The molecule has 1 amide bonds. The van der Waals surface area contributed by atoms with Gasteiger partial charge in [0.05, 0.1) is 24.8 Å². The third-order valence-corrected chi connectivity index (χ3v) is 5.56. The summed E-state index contributed by atoms with van der Waals surface area (Å²) in [5.74, 6) is -0.0824.